The molecule has 0 saturated carbocycles. The van der Waals surface area contributed by atoms with Gasteiger partial charge in [0.25, 0.3) is 0 Å². The molecule has 192 valence electrons. The zero-order chi connectivity index (χ0) is 26.8. The van der Waals surface area contributed by atoms with Crippen molar-refractivity contribution >= 4 is 21.6 Å². The van der Waals surface area contributed by atoms with Crippen molar-refractivity contribution in [2.45, 2.75) is 23.0 Å². The topological polar surface area (TPSA) is 59.1 Å². The minimum atomic E-state index is -4.93. The molecule has 4 aromatic rings. The molecule has 1 atom stereocenters. The molecule has 3 aromatic carbocycles. The van der Waals surface area contributed by atoms with Gasteiger partial charge in [0.05, 0.1) is 21.2 Å². The fraction of sp³-hybridized carbons (Fsp3) is 0.115. The second-order valence-electron chi connectivity index (χ2n) is 8.22. The first-order valence-electron chi connectivity index (χ1n) is 10.7. The Hall–Kier alpha value is -3.34. The number of halogens is 6. The molecular weight excluding hydrogens is 535 g/mol. The summed E-state index contributed by atoms with van der Waals surface area (Å²) in [6, 6.07) is 16.9. The first kappa shape index (κ1) is 26.7. The maximum absolute atomic E-state index is 14.6. The maximum atomic E-state index is 14.6. The molecule has 0 aliphatic heterocycles. The van der Waals surface area contributed by atoms with Gasteiger partial charge in [0.15, 0.2) is 0 Å². The molecular formula is C26H18ClF5N2O2S. The summed E-state index contributed by atoms with van der Waals surface area (Å²) >= 11 is 5.97. The fourth-order valence-corrected chi connectivity index (χ4v) is 5.45. The molecule has 0 bridgehead atoms. The van der Waals surface area contributed by atoms with Gasteiger partial charge in [-0.1, -0.05) is 48.0 Å². The summed E-state index contributed by atoms with van der Waals surface area (Å²) in [5, 5.41) is 0.181. The van der Waals surface area contributed by atoms with E-state index in [2.05, 4.69) is 9.71 Å². The smallest absolute Gasteiger partial charge is 0.257 e. The van der Waals surface area contributed by atoms with E-state index in [1.165, 1.54) is 24.4 Å². The summed E-state index contributed by atoms with van der Waals surface area (Å²) in [5.41, 5.74) is -3.30. The normalized spacial score (nSPS) is 13.8. The Balaban J connectivity index is 2.04. The van der Waals surface area contributed by atoms with Crippen LogP contribution in [0.3, 0.4) is 0 Å². The molecule has 4 nitrogen and oxygen atoms in total. The van der Waals surface area contributed by atoms with Crippen LogP contribution < -0.4 is 4.72 Å². The van der Waals surface area contributed by atoms with Gasteiger partial charge in [0.1, 0.15) is 17.2 Å². The van der Waals surface area contributed by atoms with Crippen molar-refractivity contribution in [1.29, 1.82) is 0 Å². The number of hydrogen-bond acceptors (Lipinski definition) is 3. The second kappa shape index (κ2) is 10.2. The van der Waals surface area contributed by atoms with E-state index in [9.17, 15) is 30.4 Å². The van der Waals surface area contributed by atoms with Crippen LogP contribution >= 0.6 is 11.6 Å². The molecule has 37 heavy (non-hydrogen) atoms. The highest BCUT2D eigenvalue weighted by Gasteiger charge is 2.43. The third-order valence-corrected chi connectivity index (χ3v) is 7.32. The molecule has 0 unspecified atom stereocenters. The fourth-order valence-electron chi connectivity index (χ4n) is 3.94. The molecule has 0 saturated heterocycles. The van der Waals surface area contributed by atoms with Crippen LogP contribution in [0.1, 0.15) is 22.4 Å². The van der Waals surface area contributed by atoms with Crippen LogP contribution in [0.2, 0.25) is 5.02 Å². The average molecular weight is 553 g/mol. The highest BCUT2D eigenvalue weighted by molar-refractivity contribution is 7.89. The number of benzene rings is 3. The van der Waals surface area contributed by atoms with Gasteiger partial charge in [-0.2, -0.15) is 17.9 Å². The molecule has 11 heteroatoms. The van der Waals surface area contributed by atoms with E-state index >= 15 is 0 Å². The lowest BCUT2D eigenvalue weighted by Gasteiger charge is -2.35. The SMILES string of the molecule is O=S(=O)(N[C@@](Cc1ccccc1)(c1cc(F)cc(C(F)(F)F)c1)c1ccc(Cl)cn1)c1cccc(F)c1. The van der Waals surface area contributed by atoms with Gasteiger partial charge in [-0.3, -0.25) is 4.98 Å². The Bertz CT molecular complexity index is 1510. The summed E-state index contributed by atoms with van der Waals surface area (Å²) in [6.45, 7) is 0. The summed E-state index contributed by atoms with van der Waals surface area (Å²) in [4.78, 5) is 3.72. The van der Waals surface area contributed by atoms with Crippen molar-refractivity contribution < 1.29 is 30.4 Å². The highest BCUT2D eigenvalue weighted by atomic mass is 35.5. The van der Waals surface area contributed by atoms with Gasteiger partial charge in [0.2, 0.25) is 10.0 Å². The van der Waals surface area contributed by atoms with E-state index in [1.54, 1.807) is 30.3 Å². The number of hydrogen-bond donors (Lipinski definition) is 1. The number of pyridine rings is 1. The van der Waals surface area contributed by atoms with Gasteiger partial charge in [-0.25, -0.2) is 17.2 Å². The van der Waals surface area contributed by atoms with Crippen LogP contribution in [0.4, 0.5) is 22.0 Å². The largest absolute Gasteiger partial charge is 0.416 e. The quantitative estimate of drug-likeness (QED) is 0.266. The molecule has 0 aliphatic rings. The Morgan fingerprint density at radius 3 is 2.14 bits per heavy atom. The van der Waals surface area contributed by atoms with Crippen molar-refractivity contribution in [2.75, 3.05) is 0 Å². The Labute approximate surface area is 214 Å². The number of nitrogens with zero attached hydrogens (tertiary/aromatic N) is 1. The lowest BCUT2D eigenvalue weighted by molar-refractivity contribution is -0.137. The zero-order valence-corrected chi connectivity index (χ0v) is 20.4. The molecule has 1 aromatic heterocycles. The van der Waals surface area contributed by atoms with Crippen LogP contribution in [0.25, 0.3) is 0 Å². The van der Waals surface area contributed by atoms with Gasteiger partial charge in [-0.15, -0.1) is 0 Å². The lowest BCUT2D eigenvalue weighted by atomic mass is 9.81. The molecule has 4 rings (SSSR count). The number of aromatic nitrogens is 1. The van der Waals surface area contributed by atoms with Crippen LogP contribution in [-0.4, -0.2) is 13.4 Å². The second-order valence-corrected chi connectivity index (χ2v) is 10.3. The first-order chi connectivity index (χ1) is 17.4. The number of rotatable bonds is 7. The van der Waals surface area contributed by atoms with E-state index in [0.717, 1.165) is 24.3 Å². The minimum Gasteiger partial charge on any atom is -0.257 e. The molecule has 0 amide bonds. The maximum Gasteiger partial charge on any atom is 0.416 e. The molecule has 1 N–H and O–H groups in total. The highest BCUT2D eigenvalue weighted by Crippen LogP contribution is 2.39. The van der Waals surface area contributed by atoms with E-state index < -0.39 is 43.8 Å². The van der Waals surface area contributed by atoms with Crippen molar-refractivity contribution in [2.24, 2.45) is 0 Å². The third kappa shape index (κ3) is 5.98. The molecule has 1 heterocycles. The van der Waals surface area contributed by atoms with E-state index in [4.69, 9.17) is 11.6 Å². The van der Waals surface area contributed by atoms with Gasteiger partial charge in [0, 0.05) is 12.6 Å². The number of nitrogens with one attached hydrogen (secondary N) is 1. The van der Waals surface area contributed by atoms with Crippen molar-refractivity contribution in [3.05, 3.63) is 130 Å². The first-order valence-corrected chi connectivity index (χ1v) is 12.6. The van der Waals surface area contributed by atoms with Crippen molar-refractivity contribution in [3.8, 4) is 0 Å². The third-order valence-electron chi connectivity index (χ3n) is 5.61. The Morgan fingerprint density at radius 1 is 0.811 bits per heavy atom. The average Bonchev–Trinajstić information content (AvgIpc) is 2.83. The zero-order valence-electron chi connectivity index (χ0n) is 18.8. The Kier molecular flexibility index (Phi) is 7.36. The van der Waals surface area contributed by atoms with Crippen LogP contribution in [0, 0.1) is 11.6 Å². The number of sulfonamides is 1. The summed E-state index contributed by atoms with van der Waals surface area (Å²) < 4.78 is 99.1. The predicted octanol–water partition coefficient (Wildman–Crippen LogP) is 6.50. The monoisotopic (exact) mass is 552 g/mol. The van der Waals surface area contributed by atoms with Crippen LogP contribution in [-0.2, 0) is 28.2 Å². The molecule has 0 radical (unpaired) electrons. The minimum absolute atomic E-state index is 0.0561. The van der Waals surface area contributed by atoms with Gasteiger partial charge < -0.3 is 0 Å². The lowest BCUT2D eigenvalue weighted by Crippen LogP contribution is -2.49. The Morgan fingerprint density at radius 2 is 1.51 bits per heavy atom. The molecule has 0 spiro atoms. The van der Waals surface area contributed by atoms with E-state index in [-0.39, 0.29) is 22.7 Å². The molecule has 0 aliphatic carbocycles. The van der Waals surface area contributed by atoms with Crippen molar-refractivity contribution in [1.82, 2.24) is 9.71 Å². The van der Waals surface area contributed by atoms with Crippen LogP contribution in [0.15, 0.2) is 96.0 Å². The summed E-state index contributed by atoms with van der Waals surface area (Å²) in [5.74, 6) is -2.08. The van der Waals surface area contributed by atoms with Gasteiger partial charge >= 0.3 is 6.18 Å². The standard InChI is InChI=1S/C26H18ClF5N2O2S/c27-20-9-10-24(33-16-20)25(15-17-5-2-1-3-6-17,18-11-19(26(30,31)32)13-22(29)12-18)34-37(35,36)23-8-4-7-21(28)14-23/h1-14,16,34H,15H2/t25-/m0/s1. The summed E-state index contributed by atoms with van der Waals surface area (Å²) in [7, 11) is -4.59. The van der Waals surface area contributed by atoms with E-state index in [0.29, 0.717) is 17.7 Å². The number of alkyl halides is 3. The van der Waals surface area contributed by atoms with Gasteiger partial charge in [-0.05, 0) is 59.7 Å². The van der Waals surface area contributed by atoms with Crippen molar-refractivity contribution in [3.63, 3.8) is 0 Å². The van der Waals surface area contributed by atoms with E-state index in [1.807, 2.05) is 0 Å². The predicted molar refractivity (Wildman–Crippen MR) is 128 cm³/mol. The molecule has 0 fully saturated rings. The summed E-state index contributed by atoms with van der Waals surface area (Å²) in [6.07, 6.45) is -4.00. The van der Waals surface area contributed by atoms with Crippen LogP contribution in [0.5, 0.6) is 0 Å².